The van der Waals surface area contributed by atoms with Gasteiger partial charge >= 0.3 is 30.8 Å². The van der Waals surface area contributed by atoms with Crippen LogP contribution in [0.3, 0.4) is 0 Å². The Hall–Kier alpha value is 0.425. The van der Waals surface area contributed by atoms with E-state index in [1.165, 1.54) is 6.92 Å². The number of rotatable bonds is 12. The highest BCUT2D eigenvalue weighted by Gasteiger charge is 2.47. The van der Waals surface area contributed by atoms with Crippen LogP contribution in [-0.2, 0) is 45.4 Å². The lowest BCUT2D eigenvalue weighted by Gasteiger charge is -2.22. The molecule has 2 aliphatic heterocycles. The fourth-order valence-corrected chi connectivity index (χ4v) is 9.75. The minimum Gasteiger partial charge on any atom is -0.388 e. The van der Waals surface area contributed by atoms with E-state index >= 15 is 0 Å². The molecule has 2 aliphatic rings. The summed E-state index contributed by atoms with van der Waals surface area (Å²) in [6, 6.07) is -1.35. The van der Waals surface area contributed by atoms with Crippen molar-refractivity contribution in [1.82, 2.24) is 0 Å². The standard InChI is InChI=1S/C12H25BO18P4/c1-5-8(14)9(15)6(28-5)2-26-34(22,23)30-32(18,19)4-33(20,21)31-35(24,25)27-3-7-10(16)11(17)12(13)29-7/h5-12,14-17H,2-4H2,1H3,(H,18,19)(H,20,21)(H,22,23)(H,24,25)/t5?,6?,7-,8?,9?,10?,11?,12-/m1/s1. The number of hydrogen-bond donors (Lipinski definition) is 8. The summed E-state index contributed by atoms with van der Waals surface area (Å²) >= 11 is 0. The zero-order chi connectivity index (χ0) is 27.0. The second-order valence-electron chi connectivity index (χ2n) is 7.59. The van der Waals surface area contributed by atoms with Gasteiger partial charge in [0, 0.05) is 6.00 Å². The summed E-state index contributed by atoms with van der Waals surface area (Å²) in [7, 11) is -16.6. The summed E-state index contributed by atoms with van der Waals surface area (Å²) in [5.74, 6) is -1.97. The quantitative estimate of drug-likeness (QED) is 0.0874. The molecule has 204 valence electrons. The Morgan fingerprint density at radius 3 is 1.46 bits per heavy atom. The molecular formula is C12H25BO18P4. The fraction of sp³-hybridized carbons (Fsp3) is 1.00. The zero-order valence-corrected chi connectivity index (χ0v) is 21.3. The first-order valence-electron chi connectivity index (χ1n) is 9.54. The maximum Gasteiger partial charge on any atom is 0.479 e. The maximum absolute atomic E-state index is 12.1. The molecule has 0 aliphatic carbocycles. The van der Waals surface area contributed by atoms with Crippen LogP contribution in [0.15, 0.2) is 0 Å². The predicted molar refractivity (Wildman–Crippen MR) is 111 cm³/mol. The monoisotopic (exact) mass is 592 g/mol. The molecule has 0 aromatic rings. The van der Waals surface area contributed by atoms with Crippen LogP contribution in [-0.4, -0.2) is 116 Å². The van der Waals surface area contributed by atoms with Gasteiger partial charge in [-0.05, 0) is 6.92 Å². The molecule has 8 N–H and O–H groups in total. The van der Waals surface area contributed by atoms with Crippen LogP contribution in [0.4, 0.5) is 0 Å². The average Bonchev–Trinajstić information content (AvgIpc) is 3.06. The summed E-state index contributed by atoms with van der Waals surface area (Å²) in [6.07, 6.45) is -9.67. The molecule has 0 aromatic carbocycles. The third-order valence-corrected chi connectivity index (χ3v) is 12.1. The normalized spacial score (nSPS) is 40.5. The van der Waals surface area contributed by atoms with E-state index in [0.29, 0.717) is 0 Å². The SMILES string of the molecule is [B][C@@H]1O[C@H](COP(=O)(O)OP(=O)(O)CP(=O)(O)OP(=O)(O)OCC2OC(C)C(O)C2O)C(O)C1O. The molecule has 2 radical (unpaired) electrons. The molecule has 0 bridgehead atoms. The van der Waals surface area contributed by atoms with Crippen LogP contribution < -0.4 is 0 Å². The molecular weight excluding hydrogens is 567 g/mol. The second-order valence-corrected chi connectivity index (χ2v) is 15.0. The first-order valence-corrected chi connectivity index (χ1v) is 16.1. The minimum atomic E-state index is -5.53. The molecule has 18 nitrogen and oxygen atoms in total. The van der Waals surface area contributed by atoms with Crippen molar-refractivity contribution in [3.05, 3.63) is 0 Å². The first-order chi connectivity index (χ1) is 15.7. The lowest BCUT2D eigenvalue weighted by atomic mass is 9.93. The second kappa shape index (κ2) is 11.7. The van der Waals surface area contributed by atoms with Crippen LogP contribution in [0, 0.1) is 0 Å². The van der Waals surface area contributed by atoms with Crippen LogP contribution >= 0.6 is 30.8 Å². The van der Waals surface area contributed by atoms with Crippen molar-refractivity contribution in [3.63, 3.8) is 0 Å². The van der Waals surface area contributed by atoms with E-state index in [-0.39, 0.29) is 0 Å². The van der Waals surface area contributed by atoms with Gasteiger partial charge in [-0.3, -0.25) is 18.2 Å². The van der Waals surface area contributed by atoms with E-state index in [4.69, 9.17) is 17.3 Å². The van der Waals surface area contributed by atoms with Gasteiger partial charge in [0.2, 0.25) is 0 Å². The summed E-state index contributed by atoms with van der Waals surface area (Å²) in [5, 5.41) is 38.4. The molecule has 12 atom stereocenters. The van der Waals surface area contributed by atoms with Crippen molar-refractivity contribution < 1.29 is 85.4 Å². The zero-order valence-electron chi connectivity index (χ0n) is 17.8. The Labute approximate surface area is 199 Å². The summed E-state index contributed by atoms with van der Waals surface area (Å²) in [5.41, 5.74) is 0. The molecule has 2 saturated heterocycles. The Bertz CT molecular complexity index is 861. The van der Waals surface area contributed by atoms with Crippen molar-refractivity contribution >= 4 is 38.7 Å². The first kappa shape index (κ1) is 31.6. The third-order valence-electron chi connectivity index (χ3n) is 4.62. The Morgan fingerprint density at radius 1 is 0.714 bits per heavy atom. The highest BCUT2D eigenvalue weighted by molar-refractivity contribution is 7.76. The molecule has 0 spiro atoms. The van der Waals surface area contributed by atoms with Gasteiger partial charge in [0.1, 0.15) is 38.4 Å². The predicted octanol–water partition coefficient (Wildman–Crippen LogP) is -2.29. The van der Waals surface area contributed by atoms with Crippen LogP contribution in [0.5, 0.6) is 0 Å². The molecule has 2 fully saturated rings. The van der Waals surface area contributed by atoms with Crippen molar-refractivity contribution in [1.29, 1.82) is 0 Å². The number of aliphatic hydroxyl groups excluding tert-OH is 4. The highest BCUT2D eigenvalue weighted by atomic mass is 31.3. The molecule has 2 rings (SSSR count). The molecule has 0 amide bonds. The van der Waals surface area contributed by atoms with Gasteiger partial charge in [0.15, 0.2) is 5.90 Å². The maximum atomic E-state index is 12.1. The minimum absolute atomic E-state index is 0.861. The van der Waals surface area contributed by atoms with E-state index < -0.39 is 98.7 Å². The van der Waals surface area contributed by atoms with E-state index in [2.05, 4.69) is 17.7 Å². The lowest BCUT2D eigenvalue weighted by molar-refractivity contribution is -0.0165. The van der Waals surface area contributed by atoms with Gasteiger partial charge in [-0.2, -0.15) is 0 Å². The van der Waals surface area contributed by atoms with E-state index in [9.17, 15) is 58.3 Å². The van der Waals surface area contributed by atoms with Gasteiger partial charge in [-0.15, -0.1) is 0 Å². The Morgan fingerprint density at radius 2 is 1.11 bits per heavy atom. The van der Waals surface area contributed by atoms with E-state index in [0.717, 1.165) is 0 Å². The molecule has 23 heteroatoms. The van der Waals surface area contributed by atoms with Crippen molar-refractivity contribution in [2.24, 2.45) is 0 Å². The molecule has 35 heavy (non-hydrogen) atoms. The summed E-state index contributed by atoms with van der Waals surface area (Å²) < 4.78 is 74.6. The third kappa shape index (κ3) is 9.29. The lowest BCUT2D eigenvalue weighted by Crippen LogP contribution is -2.34. The van der Waals surface area contributed by atoms with E-state index in [1.807, 2.05) is 0 Å². The van der Waals surface area contributed by atoms with Gasteiger partial charge in [0.05, 0.1) is 25.4 Å². The van der Waals surface area contributed by atoms with Crippen LogP contribution in [0.25, 0.3) is 0 Å². The number of aliphatic hydroxyl groups is 4. The Kier molecular flexibility index (Phi) is 10.5. The molecule has 10 unspecified atom stereocenters. The smallest absolute Gasteiger partial charge is 0.388 e. The van der Waals surface area contributed by atoms with Gasteiger partial charge in [0.25, 0.3) is 0 Å². The van der Waals surface area contributed by atoms with Gasteiger partial charge in [-0.1, -0.05) is 0 Å². The van der Waals surface area contributed by atoms with Crippen molar-refractivity contribution in [2.45, 2.75) is 55.7 Å². The van der Waals surface area contributed by atoms with E-state index in [1.54, 1.807) is 0 Å². The number of hydrogen-bond acceptors (Lipinski definition) is 14. The average molecular weight is 592 g/mol. The topological polar surface area (TPSA) is 285 Å². The molecule has 0 aromatic heterocycles. The largest absolute Gasteiger partial charge is 0.479 e. The number of ether oxygens (including phenoxy) is 2. The summed E-state index contributed by atoms with van der Waals surface area (Å²) in [6.45, 7) is -0.472. The number of phosphoric acid groups is 2. The molecule has 0 saturated carbocycles. The van der Waals surface area contributed by atoms with Crippen LogP contribution in [0.2, 0.25) is 0 Å². The summed E-state index contributed by atoms with van der Waals surface area (Å²) in [4.78, 5) is 38.5. The Balaban J connectivity index is 1.89. The number of phosphoric ester groups is 2. The van der Waals surface area contributed by atoms with Crippen LogP contribution in [0.1, 0.15) is 6.92 Å². The van der Waals surface area contributed by atoms with Crippen molar-refractivity contribution in [3.8, 4) is 0 Å². The van der Waals surface area contributed by atoms with Gasteiger partial charge < -0.3 is 49.5 Å². The molecule has 2 heterocycles. The van der Waals surface area contributed by atoms with Crippen molar-refractivity contribution in [2.75, 3.05) is 19.1 Å². The fourth-order valence-electron chi connectivity index (χ4n) is 2.97. The van der Waals surface area contributed by atoms with Gasteiger partial charge in [-0.25, -0.2) is 17.8 Å². The highest BCUT2D eigenvalue weighted by Crippen LogP contribution is 2.70.